The molecule has 1 aliphatic heterocycles. The van der Waals surface area contributed by atoms with Crippen LogP contribution in [0.1, 0.15) is 21.7 Å². The number of carbonyl (C=O) groups excluding carboxylic acids is 1. The van der Waals surface area contributed by atoms with Crippen molar-refractivity contribution in [1.82, 2.24) is 24.2 Å². The van der Waals surface area contributed by atoms with Crippen LogP contribution in [0.3, 0.4) is 0 Å². The van der Waals surface area contributed by atoms with E-state index >= 15 is 0 Å². The lowest BCUT2D eigenvalue weighted by molar-refractivity contribution is 0.0757. The molecule has 3 aromatic rings. The van der Waals surface area contributed by atoms with Crippen LogP contribution in [0.4, 0.5) is 0 Å². The third-order valence-corrected chi connectivity index (χ3v) is 4.78. The summed E-state index contributed by atoms with van der Waals surface area (Å²) in [5.74, 6) is 0.00243. The molecule has 0 radical (unpaired) electrons. The summed E-state index contributed by atoms with van der Waals surface area (Å²) >= 11 is 0. The maximum atomic E-state index is 12.7. The second-order valence-corrected chi connectivity index (χ2v) is 6.48. The summed E-state index contributed by atoms with van der Waals surface area (Å²) in [6.07, 6.45) is 5.06. The van der Waals surface area contributed by atoms with Crippen LogP contribution in [-0.4, -0.2) is 43.2 Å². The van der Waals surface area contributed by atoms with Gasteiger partial charge < -0.3 is 9.47 Å². The summed E-state index contributed by atoms with van der Waals surface area (Å²) in [6.45, 7) is 1.38. The van der Waals surface area contributed by atoms with E-state index in [2.05, 4.69) is 17.1 Å². The first-order valence-electron chi connectivity index (χ1n) is 8.51. The van der Waals surface area contributed by atoms with E-state index in [1.54, 1.807) is 17.1 Å². The highest BCUT2D eigenvalue weighted by atomic mass is 16.2. The van der Waals surface area contributed by atoms with Crippen LogP contribution < -0.4 is 0 Å². The number of rotatable bonds is 2. The molecule has 6 heteroatoms. The topological polar surface area (TPSA) is 56.0 Å². The lowest BCUT2D eigenvalue weighted by Gasteiger charge is -2.19. The Bertz CT molecular complexity index is 909. The molecule has 1 amide bonds. The molecule has 2 aromatic heterocycles. The van der Waals surface area contributed by atoms with E-state index in [0.29, 0.717) is 18.8 Å². The maximum Gasteiger partial charge on any atom is 0.274 e. The largest absolute Gasteiger partial charge is 0.340 e. The Morgan fingerprint density at radius 1 is 1.08 bits per heavy atom. The molecule has 0 atom stereocenters. The van der Waals surface area contributed by atoms with Crippen molar-refractivity contribution in [1.29, 1.82) is 0 Å². The molecule has 0 aliphatic carbocycles. The number of fused-ring (bicyclic) bond motifs is 1. The first-order valence-corrected chi connectivity index (χ1v) is 8.51. The molecule has 1 aliphatic rings. The molecule has 0 saturated carbocycles. The lowest BCUT2D eigenvalue weighted by Crippen LogP contribution is -2.33. The molecular weight excluding hydrogens is 314 g/mol. The number of aryl methyl sites for hydroxylation is 2. The van der Waals surface area contributed by atoms with Gasteiger partial charge >= 0.3 is 0 Å². The average molecular weight is 335 g/mol. The van der Waals surface area contributed by atoms with E-state index < -0.39 is 0 Å². The zero-order chi connectivity index (χ0) is 17.4. The summed E-state index contributed by atoms with van der Waals surface area (Å²) < 4.78 is 3.77. The molecular formula is C19H21N5O. The van der Waals surface area contributed by atoms with Crippen molar-refractivity contribution in [2.45, 2.75) is 12.8 Å². The number of nitrogens with zero attached hydrogens (tertiary/aromatic N) is 5. The Morgan fingerprint density at radius 3 is 2.56 bits per heavy atom. The molecule has 128 valence electrons. The number of aromatic nitrogens is 4. The van der Waals surface area contributed by atoms with Crippen LogP contribution in [-0.2, 0) is 26.9 Å². The zero-order valence-electron chi connectivity index (χ0n) is 14.5. The highest BCUT2D eigenvalue weighted by Crippen LogP contribution is 2.28. The van der Waals surface area contributed by atoms with E-state index in [4.69, 9.17) is 5.10 Å². The Balaban J connectivity index is 1.61. The van der Waals surface area contributed by atoms with Crippen molar-refractivity contribution in [2.24, 2.45) is 14.1 Å². The van der Waals surface area contributed by atoms with E-state index in [9.17, 15) is 4.79 Å². The molecule has 3 heterocycles. The van der Waals surface area contributed by atoms with Crippen molar-refractivity contribution in [3.63, 3.8) is 0 Å². The van der Waals surface area contributed by atoms with Gasteiger partial charge in [-0.3, -0.25) is 9.48 Å². The van der Waals surface area contributed by atoms with E-state index in [-0.39, 0.29) is 5.91 Å². The number of carbonyl (C=O) groups is 1. The smallest absolute Gasteiger partial charge is 0.274 e. The van der Waals surface area contributed by atoms with Gasteiger partial charge in [0.1, 0.15) is 5.69 Å². The summed E-state index contributed by atoms with van der Waals surface area (Å²) in [5.41, 5.74) is 5.14. The lowest BCUT2D eigenvalue weighted by atomic mass is 10.0. The van der Waals surface area contributed by atoms with Crippen molar-refractivity contribution < 1.29 is 4.79 Å². The SMILES string of the molecule is Cn1cnc(C(=O)N2CCc3c(-c4ccccc4)nn(C)c3CC2)c1. The fourth-order valence-electron chi connectivity index (χ4n) is 3.49. The molecule has 0 saturated heterocycles. The highest BCUT2D eigenvalue weighted by molar-refractivity contribution is 5.92. The van der Waals surface area contributed by atoms with E-state index in [1.165, 1.54) is 11.3 Å². The Morgan fingerprint density at radius 2 is 1.84 bits per heavy atom. The first kappa shape index (κ1) is 15.6. The van der Waals surface area contributed by atoms with Crippen molar-refractivity contribution in [2.75, 3.05) is 13.1 Å². The summed E-state index contributed by atoms with van der Waals surface area (Å²) in [4.78, 5) is 18.8. The standard InChI is InChI=1S/C19H21N5O/c1-22-12-16(20-13-22)19(25)24-10-8-15-17(9-11-24)23(2)21-18(15)14-6-4-3-5-7-14/h3-7,12-13H,8-11H2,1-2H3. The van der Waals surface area contributed by atoms with Gasteiger partial charge in [-0.25, -0.2) is 4.98 Å². The molecule has 4 rings (SSSR count). The van der Waals surface area contributed by atoms with Crippen LogP contribution in [0.15, 0.2) is 42.9 Å². The molecule has 6 nitrogen and oxygen atoms in total. The number of benzene rings is 1. The zero-order valence-corrected chi connectivity index (χ0v) is 14.5. The van der Waals surface area contributed by atoms with Gasteiger partial charge in [-0.2, -0.15) is 5.10 Å². The Labute approximate surface area is 146 Å². The summed E-state index contributed by atoms with van der Waals surface area (Å²) in [5, 5.41) is 4.73. The van der Waals surface area contributed by atoms with Crippen LogP contribution >= 0.6 is 0 Å². The summed E-state index contributed by atoms with van der Waals surface area (Å²) in [7, 11) is 3.86. The third kappa shape index (κ3) is 2.84. The monoisotopic (exact) mass is 335 g/mol. The average Bonchev–Trinajstić information content (AvgIpc) is 3.11. The van der Waals surface area contributed by atoms with Crippen molar-refractivity contribution in [3.05, 3.63) is 59.8 Å². The van der Waals surface area contributed by atoms with Crippen LogP contribution in [0.2, 0.25) is 0 Å². The minimum atomic E-state index is 0.00243. The molecule has 25 heavy (non-hydrogen) atoms. The van der Waals surface area contributed by atoms with Crippen LogP contribution in [0.5, 0.6) is 0 Å². The molecule has 0 bridgehead atoms. The van der Waals surface area contributed by atoms with Gasteiger partial charge in [-0.05, 0) is 6.42 Å². The van der Waals surface area contributed by atoms with Gasteiger partial charge in [0.25, 0.3) is 5.91 Å². The third-order valence-electron chi connectivity index (χ3n) is 4.78. The van der Waals surface area contributed by atoms with E-state index in [0.717, 1.165) is 24.1 Å². The van der Waals surface area contributed by atoms with Gasteiger partial charge in [-0.1, -0.05) is 30.3 Å². The Kier molecular flexibility index (Phi) is 3.87. The quantitative estimate of drug-likeness (QED) is 0.720. The predicted octanol–water partition coefficient (Wildman–Crippen LogP) is 2.06. The van der Waals surface area contributed by atoms with Crippen LogP contribution in [0, 0.1) is 0 Å². The van der Waals surface area contributed by atoms with Gasteiger partial charge in [0, 0.05) is 56.6 Å². The van der Waals surface area contributed by atoms with Crippen LogP contribution in [0.25, 0.3) is 11.3 Å². The van der Waals surface area contributed by atoms with Crippen molar-refractivity contribution in [3.8, 4) is 11.3 Å². The van der Waals surface area contributed by atoms with Gasteiger partial charge in [-0.15, -0.1) is 0 Å². The normalized spacial score (nSPS) is 14.2. The number of hydrogen-bond donors (Lipinski definition) is 0. The maximum absolute atomic E-state index is 12.7. The van der Waals surface area contributed by atoms with Gasteiger partial charge in [0.2, 0.25) is 0 Å². The first-order chi connectivity index (χ1) is 12.1. The fourth-order valence-corrected chi connectivity index (χ4v) is 3.49. The fraction of sp³-hybridized carbons (Fsp3) is 0.316. The predicted molar refractivity (Wildman–Crippen MR) is 95.2 cm³/mol. The minimum absolute atomic E-state index is 0.00243. The van der Waals surface area contributed by atoms with Gasteiger partial charge in [0.15, 0.2) is 0 Å². The second-order valence-electron chi connectivity index (χ2n) is 6.48. The minimum Gasteiger partial charge on any atom is -0.340 e. The van der Waals surface area contributed by atoms with E-state index in [1.807, 2.05) is 41.9 Å². The van der Waals surface area contributed by atoms with Gasteiger partial charge in [0.05, 0.1) is 12.0 Å². The number of imidazole rings is 1. The Hall–Kier alpha value is -2.89. The van der Waals surface area contributed by atoms with Crippen molar-refractivity contribution >= 4 is 5.91 Å². The second kappa shape index (κ2) is 6.20. The molecule has 0 unspecified atom stereocenters. The molecule has 0 spiro atoms. The summed E-state index contributed by atoms with van der Waals surface area (Å²) in [6, 6.07) is 10.3. The number of amides is 1. The molecule has 0 N–H and O–H groups in total. The molecule has 0 fully saturated rings. The highest BCUT2D eigenvalue weighted by Gasteiger charge is 2.25. The number of hydrogen-bond acceptors (Lipinski definition) is 3. The molecule has 1 aromatic carbocycles.